The van der Waals surface area contributed by atoms with Crippen LogP contribution in [0.1, 0.15) is 65.7 Å². The van der Waals surface area contributed by atoms with Crippen LogP contribution < -0.4 is 5.32 Å². The Bertz CT molecular complexity index is 1390. The van der Waals surface area contributed by atoms with Crippen LogP contribution in [-0.4, -0.2) is 99.7 Å². The first kappa shape index (κ1) is 33.6. The summed E-state index contributed by atoms with van der Waals surface area (Å²) in [6, 6.07) is 0. The molecule has 4 saturated carbocycles. The summed E-state index contributed by atoms with van der Waals surface area (Å²) in [6.45, 7) is 7.88. The number of carbonyl (C=O) groups is 2. The van der Waals surface area contributed by atoms with E-state index in [2.05, 4.69) is 11.4 Å². The minimum absolute atomic E-state index is 0.0758. The van der Waals surface area contributed by atoms with Gasteiger partial charge in [-0.1, -0.05) is 45.4 Å². The lowest BCUT2D eigenvalue weighted by atomic mass is 9.32. The van der Waals surface area contributed by atoms with Crippen LogP contribution in [0.5, 0.6) is 0 Å². The number of ether oxygens (including phenoxy) is 2. The fraction of sp³-hybridized carbons (Fsp3) is 0.784. The number of methoxy groups -OCH3 is 1. The van der Waals surface area contributed by atoms with Gasteiger partial charge in [0.2, 0.25) is 0 Å². The number of esters is 1. The fourth-order valence-electron chi connectivity index (χ4n) is 12.3. The molecule has 10 nitrogen and oxygen atoms in total. The number of hydrogen-bond donors (Lipinski definition) is 6. The number of rotatable bonds is 10. The second kappa shape index (κ2) is 11.3. The number of aldehydes is 1. The molecule has 14 atom stereocenters. The molecule has 47 heavy (non-hydrogen) atoms. The zero-order chi connectivity index (χ0) is 33.7. The highest BCUT2D eigenvalue weighted by Gasteiger charge is 2.86. The van der Waals surface area contributed by atoms with Crippen molar-refractivity contribution in [1.29, 1.82) is 0 Å². The third kappa shape index (κ3) is 4.22. The predicted octanol–water partition coefficient (Wildman–Crippen LogP) is 1.83. The molecule has 1 heterocycles. The van der Waals surface area contributed by atoms with Gasteiger partial charge in [0.15, 0.2) is 0 Å². The second-order valence-corrected chi connectivity index (χ2v) is 16.6. The Morgan fingerprint density at radius 1 is 1.13 bits per heavy atom. The van der Waals surface area contributed by atoms with Crippen molar-refractivity contribution >= 4 is 12.3 Å². The van der Waals surface area contributed by atoms with Crippen molar-refractivity contribution in [2.75, 3.05) is 26.8 Å². The van der Waals surface area contributed by atoms with Gasteiger partial charge in [-0.25, -0.2) is 4.79 Å². The summed E-state index contributed by atoms with van der Waals surface area (Å²) in [5.74, 6) is -3.75. The lowest BCUT2D eigenvalue weighted by Crippen LogP contribution is -2.86. The van der Waals surface area contributed by atoms with Gasteiger partial charge in [-0.05, 0) is 79.4 Å². The van der Waals surface area contributed by atoms with E-state index in [0.29, 0.717) is 39.0 Å². The van der Waals surface area contributed by atoms with Gasteiger partial charge < -0.3 is 45.1 Å². The molecule has 0 aromatic carbocycles. The van der Waals surface area contributed by atoms with Crippen molar-refractivity contribution in [1.82, 2.24) is 5.32 Å². The number of aliphatic hydroxyl groups excluding tert-OH is 2. The molecule has 7 aliphatic rings. The van der Waals surface area contributed by atoms with Gasteiger partial charge in [-0.15, -0.1) is 0 Å². The maximum atomic E-state index is 13.7. The van der Waals surface area contributed by atoms with E-state index in [4.69, 9.17) is 9.47 Å². The number of aliphatic hydroxyl groups is 5. The van der Waals surface area contributed by atoms with Gasteiger partial charge in [0.25, 0.3) is 0 Å². The minimum Gasteiger partial charge on any atom is -0.450 e. The zero-order valence-electron chi connectivity index (χ0n) is 28.1. The maximum absolute atomic E-state index is 13.7. The minimum atomic E-state index is -2.16. The third-order valence-electron chi connectivity index (χ3n) is 14.0. The van der Waals surface area contributed by atoms with Crippen LogP contribution in [0.2, 0.25) is 0 Å². The molecule has 7 rings (SSSR count). The first-order chi connectivity index (χ1) is 22.2. The molecule has 0 radical (unpaired) electrons. The lowest BCUT2D eigenvalue weighted by molar-refractivity contribution is -0.379. The molecule has 0 saturated heterocycles. The number of carbonyl (C=O) groups excluding carboxylic acids is 2. The Labute approximate surface area is 277 Å². The van der Waals surface area contributed by atoms with Crippen molar-refractivity contribution in [3.63, 3.8) is 0 Å². The van der Waals surface area contributed by atoms with Crippen molar-refractivity contribution < 1.29 is 44.6 Å². The van der Waals surface area contributed by atoms with Gasteiger partial charge in [0.05, 0.1) is 23.2 Å². The Morgan fingerprint density at radius 2 is 1.89 bits per heavy atom. The summed E-state index contributed by atoms with van der Waals surface area (Å²) in [6.07, 6.45) is 7.80. The summed E-state index contributed by atoms with van der Waals surface area (Å²) in [5, 5.41) is 66.6. The van der Waals surface area contributed by atoms with Crippen molar-refractivity contribution in [3.05, 3.63) is 35.5 Å². The van der Waals surface area contributed by atoms with Crippen LogP contribution in [0.15, 0.2) is 35.5 Å². The Balaban J connectivity index is 1.37. The molecule has 0 aromatic heterocycles. The largest absolute Gasteiger partial charge is 0.450 e. The molecule has 6 aliphatic carbocycles. The van der Waals surface area contributed by atoms with Gasteiger partial charge in [0.1, 0.15) is 23.6 Å². The molecule has 0 bridgehead atoms. The van der Waals surface area contributed by atoms with Crippen LogP contribution in [-0.2, 0) is 19.1 Å². The highest BCUT2D eigenvalue weighted by molar-refractivity contribution is 5.87. The standard InChI is InChI=1S/C37H53NO9/c1-20(2)6-9-27-32(42)37(45)31-21(7-8-24-13-25(40)17-35(27,43)34(24,31)19-39)15-33(3)29-22(16-36(33,37)44)12-23(18-38-10-5-11-46-4)30-26(29)14-28(41)47-30/h7-8,12,14,19-22,24-25,27,29-32,38,40,42-45H,5-6,9-11,13,15-18H2,1-4H3. The maximum Gasteiger partial charge on any atom is 0.331 e. The summed E-state index contributed by atoms with van der Waals surface area (Å²) in [5.41, 5.74) is -6.63. The van der Waals surface area contributed by atoms with Gasteiger partial charge in [-0.2, -0.15) is 0 Å². The number of allylic oxidation sites excluding steroid dienone is 3. The fourth-order valence-corrected chi connectivity index (χ4v) is 12.3. The summed E-state index contributed by atoms with van der Waals surface area (Å²) < 4.78 is 11.0. The van der Waals surface area contributed by atoms with E-state index >= 15 is 0 Å². The van der Waals surface area contributed by atoms with Crippen molar-refractivity contribution in [3.8, 4) is 0 Å². The molecule has 14 unspecified atom stereocenters. The molecular weight excluding hydrogens is 602 g/mol. The topological polar surface area (TPSA) is 166 Å². The summed E-state index contributed by atoms with van der Waals surface area (Å²) in [7, 11) is 1.66. The number of hydrogen-bond acceptors (Lipinski definition) is 10. The van der Waals surface area contributed by atoms with E-state index in [9.17, 15) is 35.1 Å². The van der Waals surface area contributed by atoms with E-state index in [1.54, 1.807) is 13.2 Å². The molecular formula is C37H53NO9. The van der Waals surface area contributed by atoms with Crippen LogP contribution in [0.25, 0.3) is 0 Å². The van der Waals surface area contributed by atoms with E-state index in [1.807, 2.05) is 32.9 Å². The number of fused-ring (bicyclic) bond motifs is 6. The van der Waals surface area contributed by atoms with E-state index in [-0.39, 0.29) is 37.0 Å². The second-order valence-electron chi connectivity index (χ2n) is 16.6. The Kier molecular flexibility index (Phi) is 8.07. The molecule has 4 fully saturated rings. The van der Waals surface area contributed by atoms with Gasteiger partial charge >= 0.3 is 5.97 Å². The van der Waals surface area contributed by atoms with Gasteiger partial charge in [0, 0.05) is 50.0 Å². The summed E-state index contributed by atoms with van der Waals surface area (Å²) >= 11 is 0. The van der Waals surface area contributed by atoms with Crippen LogP contribution in [0, 0.1) is 52.3 Å². The first-order valence-electron chi connectivity index (χ1n) is 17.7. The molecule has 0 amide bonds. The van der Waals surface area contributed by atoms with Crippen LogP contribution in [0.4, 0.5) is 0 Å². The van der Waals surface area contributed by atoms with E-state index < -0.39 is 75.6 Å². The highest BCUT2D eigenvalue weighted by atomic mass is 16.5. The zero-order valence-corrected chi connectivity index (χ0v) is 28.1. The molecule has 6 N–H and O–H groups in total. The quantitative estimate of drug-likeness (QED) is 0.0885. The Morgan fingerprint density at radius 3 is 2.60 bits per heavy atom. The van der Waals surface area contributed by atoms with Crippen molar-refractivity contribution in [2.24, 2.45) is 52.3 Å². The van der Waals surface area contributed by atoms with Crippen molar-refractivity contribution in [2.45, 2.75) is 101 Å². The van der Waals surface area contributed by atoms with Gasteiger partial charge in [-0.3, -0.25) is 0 Å². The van der Waals surface area contributed by atoms with Crippen LogP contribution in [0.3, 0.4) is 0 Å². The lowest BCUT2D eigenvalue weighted by Gasteiger charge is -2.75. The van der Waals surface area contributed by atoms with E-state index in [1.165, 1.54) is 0 Å². The Hall–Kier alpha value is -1.92. The monoisotopic (exact) mass is 655 g/mol. The molecule has 260 valence electrons. The predicted molar refractivity (Wildman–Crippen MR) is 171 cm³/mol. The molecule has 10 heteroatoms. The summed E-state index contributed by atoms with van der Waals surface area (Å²) in [4.78, 5) is 26.5. The highest BCUT2D eigenvalue weighted by Crippen LogP contribution is 2.77. The third-order valence-corrected chi connectivity index (χ3v) is 14.0. The van der Waals surface area contributed by atoms with Crippen LogP contribution >= 0.6 is 0 Å². The normalized spacial score (nSPS) is 50.6. The first-order valence-corrected chi connectivity index (χ1v) is 17.7. The molecule has 1 aliphatic heterocycles. The molecule has 0 aromatic rings. The average molecular weight is 656 g/mol. The smallest absolute Gasteiger partial charge is 0.331 e. The average Bonchev–Trinajstić information content (AvgIpc) is 3.50. The van der Waals surface area contributed by atoms with E-state index in [0.717, 1.165) is 23.9 Å². The number of nitrogens with one attached hydrogen (secondary N) is 1. The molecule has 0 spiro atoms. The SMILES string of the molecule is COCCCNCC1=CC2CC3(O)C(C)(CC4C=CC5CC(O)CC6(O)C(CCC(C)C)C(O)C3(O)C4C56C=O)C2C2=CC(=O)OC12.